The Balaban J connectivity index is 1.89. The van der Waals surface area contributed by atoms with Gasteiger partial charge < -0.3 is 0 Å². The molecule has 2 aromatic heterocycles. The van der Waals surface area contributed by atoms with Gasteiger partial charge in [-0.1, -0.05) is 46.7 Å². The third kappa shape index (κ3) is 1.84. The molecule has 7 heteroatoms. The predicted molar refractivity (Wildman–Crippen MR) is 76.1 cm³/mol. The van der Waals surface area contributed by atoms with Gasteiger partial charge in [0.1, 0.15) is 5.01 Å². The van der Waals surface area contributed by atoms with Crippen LogP contribution in [0, 0.1) is 0 Å². The fourth-order valence-corrected chi connectivity index (χ4v) is 3.33. The van der Waals surface area contributed by atoms with Gasteiger partial charge in [0.05, 0.1) is 10.0 Å². The molecule has 0 amide bonds. The first-order valence-electron chi connectivity index (χ1n) is 5.90. The van der Waals surface area contributed by atoms with Crippen molar-refractivity contribution < 1.29 is 0 Å². The summed E-state index contributed by atoms with van der Waals surface area (Å²) >= 11 is 13.7. The summed E-state index contributed by atoms with van der Waals surface area (Å²) in [7, 11) is 0. The van der Waals surface area contributed by atoms with Crippen molar-refractivity contribution >= 4 is 39.5 Å². The highest BCUT2D eigenvalue weighted by molar-refractivity contribution is 7.19. The Morgan fingerprint density at radius 3 is 2.84 bits per heavy atom. The van der Waals surface area contributed by atoms with Gasteiger partial charge in [-0.3, -0.25) is 0 Å². The van der Waals surface area contributed by atoms with E-state index < -0.39 is 0 Å². The molecule has 0 N–H and O–H groups in total. The van der Waals surface area contributed by atoms with E-state index in [4.69, 9.17) is 23.2 Å². The smallest absolute Gasteiger partial charge is 0.187 e. The van der Waals surface area contributed by atoms with Crippen LogP contribution in [0.3, 0.4) is 0 Å². The van der Waals surface area contributed by atoms with Crippen LogP contribution in [-0.2, 0) is 0 Å². The lowest BCUT2D eigenvalue weighted by molar-refractivity contribution is 0.828. The lowest BCUT2D eigenvalue weighted by Crippen LogP contribution is -1.93. The quantitative estimate of drug-likeness (QED) is 0.717. The number of halogens is 2. The molecule has 1 fully saturated rings. The first kappa shape index (κ1) is 11.6. The van der Waals surface area contributed by atoms with Gasteiger partial charge in [0.25, 0.3) is 0 Å². The van der Waals surface area contributed by atoms with Crippen molar-refractivity contribution in [1.82, 2.24) is 19.8 Å². The van der Waals surface area contributed by atoms with Gasteiger partial charge in [0.15, 0.2) is 5.82 Å². The van der Waals surface area contributed by atoms with E-state index in [1.54, 1.807) is 6.07 Å². The molecule has 0 atom stereocenters. The minimum Gasteiger partial charge on any atom is -0.187 e. The Hall–Kier alpha value is -1.17. The number of benzene rings is 1. The molecule has 0 radical (unpaired) electrons. The highest BCUT2D eigenvalue weighted by atomic mass is 35.5. The normalized spacial score (nSPS) is 15.3. The summed E-state index contributed by atoms with van der Waals surface area (Å²) in [5, 5.41) is 14.8. The summed E-state index contributed by atoms with van der Waals surface area (Å²) in [4.78, 5) is 0.799. The summed E-state index contributed by atoms with van der Waals surface area (Å²) in [6.07, 6.45) is 2.34. The molecule has 1 aliphatic carbocycles. The largest absolute Gasteiger partial charge is 0.234 e. The summed E-state index contributed by atoms with van der Waals surface area (Å²) in [6.45, 7) is 0. The fraction of sp³-hybridized carbons (Fsp3) is 0.250. The molecule has 4 rings (SSSR count). The Bertz CT molecular complexity index is 775. The van der Waals surface area contributed by atoms with Crippen LogP contribution in [0.25, 0.3) is 15.5 Å². The maximum Gasteiger partial charge on any atom is 0.234 e. The standard InChI is InChI=1S/C12H8Cl2N4S/c13-8-3-1-2-7(9(8)14)11-17-18-10(6-4-5-6)15-16-12(18)19-11/h1-3,6H,4-5H2. The lowest BCUT2D eigenvalue weighted by Gasteiger charge is -2.00. The first-order chi connectivity index (χ1) is 9.24. The van der Waals surface area contributed by atoms with E-state index in [1.807, 2.05) is 16.6 Å². The summed E-state index contributed by atoms with van der Waals surface area (Å²) in [5.74, 6) is 1.47. The average molecular weight is 311 g/mol. The predicted octanol–water partition coefficient (Wildman–Crippen LogP) is 4.04. The highest BCUT2D eigenvalue weighted by Gasteiger charge is 2.30. The van der Waals surface area contributed by atoms with Crippen LogP contribution in [0.5, 0.6) is 0 Å². The summed E-state index contributed by atoms with van der Waals surface area (Å²) in [6, 6.07) is 5.55. The van der Waals surface area contributed by atoms with E-state index in [2.05, 4.69) is 15.3 Å². The van der Waals surface area contributed by atoms with Crippen LogP contribution >= 0.6 is 34.5 Å². The van der Waals surface area contributed by atoms with Gasteiger partial charge in [-0.2, -0.15) is 9.61 Å². The summed E-state index contributed by atoms with van der Waals surface area (Å²) in [5.41, 5.74) is 0.839. The van der Waals surface area contributed by atoms with Crippen LogP contribution < -0.4 is 0 Å². The van der Waals surface area contributed by atoms with Crippen LogP contribution in [0.2, 0.25) is 10.0 Å². The molecule has 0 unspecified atom stereocenters. The first-order valence-corrected chi connectivity index (χ1v) is 7.48. The van der Waals surface area contributed by atoms with E-state index >= 15 is 0 Å². The Morgan fingerprint density at radius 1 is 1.21 bits per heavy atom. The third-order valence-corrected chi connectivity index (χ3v) is 4.89. The SMILES string of the molecule is Clc1cccc(-c2nn3c(C4CC4)nnc3s2)c1Cl. The highest BCUT2D eigenvalue weighted by Crippen LogP contribution is 2.40. The van der Waals surface area contributed by atoms with Crippen LogP contribution in [0.15, 0.2) is 18.2 Å². The van der Waals surface area contributed by atoms with Crippen molar-refractivity contribution in [2.45, 2.75) is 18.8 Å². The van der Waals surface area contributed by atoms with Crippen LogP contribution in [0.4, 0.5) is 0 Å². The molecule has 1 saturated carbocycles. The minimum atomic E-state index is 0.514. The molecule has 0 aliphatic heterocycles. The van der Waals surface area contributed by atoms with Crippen molar-refractivity contribution in [2.24, 2.45) is 0 Å². The lowest BCUT2D eigenvalue weighted by atomic mass is 10.2. The molecule has 1 aliphatic rings. The van der Waals surface area contributed by atoms with Crippen molar-refractivity contribution in [3.05, 3.63) is 34.1 Å². The number of hydrogen-bond donors (Lipinski definition) is 0. The molecule has 2 heterocycles. The topological polar surface area (TPSA) is 43.1 Å². The van der Waals surface area contributed by atoms with Gasteiger partial charge in [-0.15, -0.1) is 10.2 Å². The second-order valence-corrected chi connectivity index (χ2v) is 6.28. The van der Waals surface area contributed by atoms with E-state index in [-0.39, 0.29) is 0 Å². The maximum atomic E-state index is 6.23. The van der Waals surface area contributed by atoms with E-state index in [0.717, 1.165) is 21.4 Å². The number of hydrogen-bond acceptors (Lipinski definition) is 4. The number of nitrogens with zero attached hydrogens (tertiary/aromatic N) is 4. The third-order valence-electron chi connectivity index (χ3n) is 3.14. The molecule has 3 aromatic rings. The zero-order valence-corrected chi connectivity index (χ0v) is 12.0. The Morgan fingerprint density at radius 2 is 2.05 bits per heavy atom. The fourth-order valence-electron chi connectivity index (χ4n) is 2.01. The monoisotopic (exact) mass is 310 g/mol. The summed E-state index contributed by atoms with van der Waals surface area (Å²) < 4.78 is 1.83. The van der Waals surface area contributed by atoms with Crippen molar-refractivity contribution in [3.8, 4) is 10.6 Å². The van der Waals surface area contributed by atoms with Crippen LogP contribution in [0.1, 0.15) is 24.6 Å². The number of aromatic nitrogens is 4. The Kier molecular flexibility index (Phi) is 2.55. The molecule has 96 valence electrons. The number of fused-ring (bicyclic) bond motifs is 1. The van der Waals surface area contributed by atoms with E-state index in [9.17, 15) is 0 Å². The van der Waals surface area contributed by atoms with Crippen molar-refractivity contribution in [1.29, 1.82) is 0 Å². The van der Waals surface area contributed by atoms with E-state index in [1.165, 1.54) is 24.2 Å². The molecular weight excluding hydrogens is 303 g/mol. The second-order valence-electron chi connectivity index (χ2n) is 4.54. The Labute approximate surface area is 123 Å². The molecular formula is C12H8Cl2N4S. The molecule has 0 bridgehead atoms. The average Bonchev–Trinajstić information content (AvgIpc) is 3.02. The van der Waals surface area contributed by atoms with Gasteiger partial charge in [0, 0.05) is 11.5 Å². The zero-order valence-electron chi connectivity index (χ0n) is 9.68. The molecule has 19 heavy (non-hydrogen) atoms. The van der Waals surface area contributed by atoms with E-state index in [0.29, 0.717) is 16.0 Å². The molecule has 0 saturated heterocycles. The van der Waals surface area contributed by atoms with Gasteiger partial charge in [0.2, 0.25) is 4.96 Å². The van der Waals surface area contributed by atoms with Crippen molar-refractivity contribution in [3.63, 3.8) is 0 Å². The van der Waals surface area contributed by atoms with Gasteiger partial charge in [-0.05, 0) is 18.9 Å². The minimum absolute atomic E-state index is 0.514. The zero-order chi connectivity index (χ0) is 13.0. The van der Waals surface area contributed by atoms with Crippen molar-refractivity contribution in [2.75, 3.05) is 0 Å². The second kappa shape index (κ2) is 4.16. The maximum absolute atomic E-state index is 6.23. The molecule has 1 aromatic carbocycles. The van der Waals surface area contributed by atoms with Crippen LogP contribution in [-0.4, -0.2) is 19.8 Å². The molecule has 0 spiro atoms. The van der Waals surface area contributed by atoms with Gasteiger partial charge >= 0.3 is 0 Å². The number of rotatable bonds is 2. The molecule has 4 nitrogen and oxygen atoms in total. The van der Waals surface area contributed by atoms with Gasteiger partial charge in [-0.25, -0.2) is 0 Å².